The second-order valence-electron chi connectivity index (χ2n) is 7.57. The van der Waals surface area contributed by atoms with Gasteiger partial charge in [-0.05, 0) is 25.7 Å². The van der Waals surface area contributed by atoms with Gasteiger partial charge in [-0.3, -0.25) is 4.99 Å². The van der Waals surface area contributed by atoms with Crippen molar-refractivity contribution in [3.8, 4) is 0 Å². The summed E-state index contributed by atoms with van der Waals surface area (Å²) in [4.78, 5) is 4.34. The van der Waals surface area contributed by atoms with Crippen molar-refractivity contribution in [3.63, 3.8) is 0 Å². The molecular weight excluding hydrogens is 300 g/mol. The smallest absolute Gasteiger partial charge is 0.191 e. The first-order valence-electron chi connectivity index (χ1n) is 9.18. The van der Waals surface area contributed by atoms with Crippen LogP contribution < -0.4 is 10.6 Å². The number of unbranched alkanes of at least 4 members (excludes halogenated alkanes) is 2. The number of nitrogens with zero attached hydrogens (tertiary/aromatic N) is 2. The van der Waals surface area contributed by atoms with Gasteiger partial charge in [0.25, 0.3) is 0 Å². The molecule has 138 valence electrons. The summed E-state index contributed by atoms with van der Waals surface area (Å²) < 4.78 is 5.26. The lowest BCUT2D eigenvalue weighted by atomic mass is 9.87. The van der Waals surface area contributed by atoms with Gasteiger partial charge in [0.2, 0.25) is 0 Å². The summed E-state index contributed by atoms with van der Waals surface area (Å²) >= 11 is 0. The predicted octanol–water partition coefficient (Wildman–Crippen LogP) is 4.17. The van der Waals surface area contributed by atoms with Crippen molar-refractivity contribution in [1.82, 2.24) is 15.8 Å². The van der Waals surface area contributed by atoms with Crippen molar-refractivity contribution in [1.29, 1.82) is 0 Å². The van der Waals surface area contributed by atoms with E-state index in [0.29, 0.717) is 5.92 Å². The highest BCUT2D eigenvalue weighted by atomic mass is 16.5. The number of aromatic nitrogens is 1. The second-order valence-corrected chi connectivity index (χ2v) is 7.57. The van der Waals surface area contributed by atoms with E-state index in [-0.39, 0.29) is 5.41 Å². The van der Waals surface area contributed by atoms with Crippen LogP contribution in [0.3, 0.4) is 0 Å². The largest absolute Gasteiger partial charge is 0.361 e. The maximum Gasteiger partial charge on any atom is 0.191 e. The molecule has 1 aromatic heterocycles. The third kappa shape index (κ3) is 6.54. The Bertz CT molecular complexity index is 500. The minimum Gasteiger partial charge on any atom is -0.361 e. The molecule has 0 spiro atoms. The summed E-state index contributed by atoms with van der Waals surface area (Å²) in [5, 5.41) is 10.9. The summed E-state index contributed by atoms with van der Waals surface area (Å²) in [5.41, 5.74) is 2.44. The molecule has 0 aliphatic carbocycles. The summed E-state index contributed by atoms with van der Waals surface area (Å²) in [6, 6.07) is 0. The molecule has 1 unspecified atom stereocenters. The highest BCUT2D eigenvalue weighted by molar-refractivity contribution is 5.79. The highest BCUT2D eigenvalue weighted by Gasteiger charge is 2.19. The van der Waals surface area contributed by atoms with Gasteiger partial charge in [-0.15, -0.1) is 0 Å². The SMILES string of the molecule is CCCCCC(C)(C)CNC(=NC)NCC(C)c1c(C)noc1C. The van der Waals surface area contributed by atoms with Gasteiger partial charge in [-0.25, -0.2) is 0 Å². The van der Waals surface area contributed by atoms with Crippen LogP contribution in [0.2, 0.25) is 0 Å². The van der Waals surface area contributed by atoms with E-state index in [1.807, 2.05) is 20.9 Å². The lowest BCUT2D eigenvalue weighted by Crippen LogP contribution is -2.43. The van der Waals surface area contributed by atoms with Gasteiger partial charge in [-0.2, -0.15) is 0 Å². The Kier molecular flexibility index (Phi) is 8.29. The third-order valence-electron chi connectivity index (χ3n) is 4.57. The number of aliphatic imine (C=N–C) groups is 1. The Morgan fingerprint density at radius 1 is 1.25 bits per heavy atom. The van der Waals surface area contributed by atoms with E-state index < -0.39 is 0 Å². The van der Waals surface area contributed by atoms with Crippen molar-refractivity contribution in [2.24, 2.45) is 10.4 Å². The second kappa shape index (κ2) is 9.70. The molecule has 5 nitrogen and oxygen atoms in total. The van der Waals surface area contributed by atoms with Gasteiger partial charge < -0.3 is 15.2 Å². The maximum atomic E-state index is 5.26. The van der Waals surface area contributed by atoms with Crippen LogP contribution in [-0.2, 0) is 0 Å². The quantitative estimate of drug-likeness (QED) is 0.404. The molecule has 0 radical (unpaired) electrons. The monoisotopic (exact) mass is 336 g/mol. The minimum atomic E-state index is 0.278. The summed E-state index contributed by atoms with van der Waals surface area (Å²) in [5.74, 6) is 2.09. The van der Waals surface area contributed by atoms with E-state index in [4.69, 9.17) is 4.52 Å². The molecule has 1 heterocycles. The highest BCUT2D eigenvalue weighted by Crippen LogP contribution is 2.23. The van der Waals surface area contributed by atoms with Gasteiger partial charge in [0, 0.05) is 31.6 Å². The topological polar surface area (TPSA) is 62.5 Å². The Morgan fingerprint density at radius 3 is 2.50 bits per heavy atom. The van der Waals surface area contributed by atoms with E-state index in [0.717, 1.165) is 30.5 Å². The van der Waals surface area contributed by atoms with E-state index in [1.54, 1.807) is 0 Å². The molecular formula is C19H36N4O. The van der Waals surface area contributed by atoms with Crippen molar-refractivity contribution in [2.45, 2.75) is 73.1 Å². The zero-order valence-corrected chi connectivity index (χ0v) is 16.6. The lowest BCUT2D eigenvalue weighted by Gasteiger charge is -2.26. The van der Waals surface area contributed by atoms with E-state index in [2.05, 4.69) is 48.5 Å². The van der Waals surface area contributed by atoms with E-state index >= 15 is 0 Å². The molecule has 0 fully saturated rings. The van der Waals surface area contributed by atoms with E-state index in [9.17, 15) is 0 Å². The third-order valence-corrected chi connectivity index (χ3v) is 4.57. The van der Waals surface area contributed by atoms with Crippen LogP contribution >= 0.6 is 0 Å². The molecule has 1 atom stereocenters. The molecule has 1 aromatic rings. The molecule has 1 rings (SSSR count). The lowest BCUT2D eigenvalue weighted by molar-refractivity contribution is 0.318. The average molecular weight is 337 g/mol. The Balaban J connectivity index is 2.45. The van der Waals surface area contributed by atoms with Crippen LogP contribution in [-0.4, -0.2) is 31.3 Å². The van der Waals surface area contributed by atoms with Gasteiger partial charge in [0.15, 0.2) is 5.96 Å². The molecule has 0 aromatic carbocycles. The number of hydrogen-bond donors (Lipinski definition) is 2. The number of nitrogens with one attached hydrogen (secondary N) is 2. The maximum absolute atomic E-state index is 5.26. The molecule has 0 aliphatic heterocycles. The van der Waals surface area contributed by atoms with Crippen LogP contribution in [0.15, 0.2) is 9.52 Å². The van der Waals surface area contributed by atoms with Crippen LogP contribution in [0.1, 0.15) is 76.3 Å². The molecule has 0 bridgehead atoms. The normalized spacial score (nSPS) is 13.9. The van der Waals surface area contributed by atoms with Gasteiger partial charge >= 0.3 is 0 Å². The fourth-order valence-electron chi connectivity index (χ4n) is 3.03. The standard InChI is InChI=1S/C19H36N4O/c1-8-9-10-11-19(5,6)13-22-18(20-7)21-12-14(2)17-15(3)23-24-16(17)4/h14H,8-13H2,1-7H3,(H2,20,21,22). The summed E-state index contributed by atoms with van der Waals surface area (Å²) in [7, 11) is 1.82. The molecule has 0 saturated heterocycles. The first-order valence-corrected chi connectivity index (χ1v) is 9.18. The molecule has 2 N–H and O–H groups in total. The Hall–Kier alpha value is -1.52. The number of aryl methyl sites for hydroxylation is 2. The number of hydrogen-bond acceptors (Lipinski definition) is 3. The fraction of sp³-hybridized carbons (Fsp3) is 0.789. The zero-order chi connectivity index (χ0) is 18.2. The van der Waals surface area contributed by atoms with E-state index in [1.165, 1.54) is 31.2 Å². The average Bonchev–Trinajstić information content (AvgIpc) is 2.86. The predicted molar refractivity (Wildman–Crippen MR) is 102 cm³/mol. The first kappa shape index (κ1) is 20.5. The first-order chi connectivity index (χ1) is 11.3. The summed E-state index contributed by atoms with van der Waals surface area (Å²) in [6.45, 7) is 14.8. The van der Waals surface area contributed by atoms with Crippen LogP contribution in [0.25, 0.3) is 0 Å². The van der Waals surface area contributed by atoms with Gasteiger partial charge in [-0.1, -0.05) is 52.1 Å². The van der Waals surface area contributed by atoms with Gasteiger partial charge in [0.1, 0.15) is 5.76 Å². The molecule has 5 heteroatoms. The fourth-order valence-corrected chi connectivity index (χ4v) is 3.03. The molecule has 24 heavy (non-hydrogen) atoms. The number of rotatable bonds is 9. The van der Waals surface area contributed by atoms with Crippen molar-refractivity contribution in [2.75, 3.05) is 20.1 Å². The molecule has 0 aliphatic rings. The molecule has 0 saturated carbocycles. The van der Waals surface area contributed by atoms with Crippen LogP contribution in [0.5, 0.6) is 0 Å². The van der Waals surface area contributed by atoms with Gasteiger partial charge in [0.05, 0.1) is 5.69 Å². The summed E-state index contributed by atoms with van der Waals surface area (Å²) in [6.07, 6.45) is 5.11. The van der Waals surface area contributed by atoms with Crippen LogP contribution in [0.4, 0.5) is 0 Å². The van der Waals surface area contributed by atoms with Crippen LogP contribution in [0, 0.1) is 19.3 Å². The molecule has 0 amide bonds. The van der Waals surface area contributed by atoms with Crippen molar-refractivity contribution >= 4 is 5.96 Å². The van der Waals surface area contributed by atoms with Crippen molar-refractivity contribution in [3.05, 3.63) is 17.0 Å². The van der Waals surface area contributed by atoms with Crippen molar-refractivity contribution < 1.29 is 4.52 Å². The Labute approximate surface area is 147 Å². The minimum absolute atomic E-state index is 0.278. The Morgan fingerprint density at radius 2 is 1.96 bits per heavy atom. The zero-order valence-electron chi connectivity index (χ0n) is 16.6. The number of guanidine groups is 1.